The summed E-state index contributed by atoms with van der Waals surface area (Å²) >= 11 is 0. The fourth-order valence-electron chi connectivity index (χ4n) is 2.09. The molecule has 102 valence electrons. The quantitative estimate of drug-likeness (QED) is 0.826. The third-order valence-corrected chi connectivity index (χ3v) is 3.26. The van der Waals surface area contributed by atoms with Gasteiger partial charge in [0.15, 0.2) is 5.57 Å². The van der Waals surface area contributed by atoms with Gasteiger partial charge in [0.2, 0.25) is 0 Å². The number of allylic oxidation sites excluding steroid dienone is 2. The van der Waals surface area contributed by atoms with Crippen molar-refractivity contribution in [2.24, 2.45) is 0 Å². The summed E-state index contributed by atoms with van der Waals surface area (Å²) in [5, 5.41) is 29.3. The molecular formula is C15H11N5O. The monoisotopic (exact) mass is 277 g/mol. The van der Waals surface area contributed by atoms with E-state index in [1.54, 1.807) is 42.3 Å². The number of anilines is 1. The van der Waals surface area contributed by atoms with Gasteiger partial charge in [-0.1, -0.05) is 6.07 Å². The van der Waals surface area contributed by atoms with Crippen molar-refractivity contribution < 1.29 is 4.79 Å². The van der Waals surface area contributed by atoms with Gasteiger partial charge in [0.1, 0.15) is 23.9 Å². The van der Waals surface area contributed by atoms with Crippen LogP contribution in [0.25, 0.3) is 0 Å². The molecule has 0 radical (unpaired) electrons. The number of carbonyl (C=O) groups is 1. The zero-order valence-corrected chi connectivity index (χ0v) is 11.3. The normalized spacial score (nSPS) is 12.5. The summed E-state index contributed by atoms with van der Waals surface area (Å²) in [6.07, 6.45) is 0.778. The standard InChI is InChI=1S/C15H11N5O/c1-20-5-4-10-2-3-12(6-13(10)15(20)21)19-14(9-18)11(7-16)8-17/h2-3,6,19H,4-5H2,1H3. The Morgan fingerprint density at radius 1 is 1.24 bits per heavy atom. The maximum atomic E-state index is 12.1. The Balaban J connectivity index is 2.39. The van der Waals surface area contributed by atoms with E-state index in [-0.39, 0.29) is 17.2 Å². The van der Waals surface area contributed by atoms with Crippen LogP contribution in [0.3, 0.4) is 0 Å². The highest BCUT2D eigenvalue weighted by molar-refractivity contribution is 5.97. The van der Waals surface area contributed by atoms with E-state index in [2.05, 4.69) is 5.32 Å². The minimum atomic E-state index is -0.293. The molecular weight excluding hydrogens is 266 g/mol. The molecule has 0 bridgehead atoms. The summed E-state index contributed by atoms with van der Waals surface area (Å²) < 4.78 is 0. The second kappa shape index (κ2) is 5.77. The highest BCUT2D eigenvalue weighted by Crippen LogP contribution is 2.23. The van der Waals surface area contributed by atoms with Gasteiger partial charge in [0.25, 0.3) is 5.91 Å². The molecule has 0 aliphatic carbocycles. The lowest BCUT2D eigenvalue weighted by molar-refractivity contribution is 0.0781. The van der Waals surface area contributed by atoms with Crippen LogP contribution in [0.4, 0.5) is 5.69 Å². The second-order valence-electron chi connectivity index (χ2n) is 4.56. The van der Waals surface area contributed by atoms with Gasteiger partial charge in [-0.3, -0.25) is 4.79 Å². The van der Waals surface area contributed by atoms with Gasteiger partial charge < -0.3 is 10.2 Å². The fraction of sp³-hybridized carbons (Fsp3) is 0.200. The van der Waals surface area contributed by atoms with E-state index in [1.165, 1.54) is 0 Å². The van der Waals surface area contributed by atoms with Crippen LogP contribution in [0.1, 0.15) is 15.9 Å². The van der Waals surface area contributed by atoms with E-state index >= 15 is 0 Å². The van der Waals surface area contributed by atoms with Gasteiger partial charge >= 0.3 is 0 Å². The number of nitrogens with zero attached hydrogens (tertiary/aromatic N) is 4. The van der Waals surface area contributed by atoms with Crippen molar-refractivity contribution in [1.82, 2.24) is 4.90 Å². The first-order valence-corrected chi connectivity index (χ1v) is 6.20. The number of nitrogens with one attached hydrogen (secondary N) is 1. The molecule has 1 aliphatic heterocycles. The summed E-state index contributed by atoms with van der Waals surface area (Å²) in [4.78, 5) is 13.7. The van der Waals surface area contributed by atoms with Crippen molar-refractivity contribution in [3.05, 3.63) is 40.6 Å². The molecule has 21 heavy (non-hydrogen) atoms. The van der Waals surface area contributed by atoms with Crippen LogP contribution in [0, 0.1) is 34.0 Å². The first-order valence-electron chi connectivity index (χ1n) is 6.20. The number of amides is 1. The van der Waals surface area contributed by atoms with E-state index in [0.29, 0.717) is 17.8 Å². The maximum absolute atomic E-state index is 12.1. The molecule has 1 heterocycles. The van der Waals surface area contributed by atoms with Crippen molar-refractivity contribution in [2.75, 3.05) is 18.9 Å². The maximum Gasteiger partial charge on any atom is 0.253 e. The van der Waals surface area contributed by atoms with Crippen LogP contribution in [0.15, 0.2) is 29.5 Å². The van der Waals surface area contributed by atoms with Gasteiger partial charge in [-0.25, -0.2) is 0 Å². The number of hydrogen-bond donors (Lipinski definition) is 1. The molecule has 0 aromatic heterocycles. The van der Waals surface area contributed by atoms with Crippen LogP contribution < -0.4 is 5.32 Å². The predicted octanol–water partition coefficient (Wildman–Crippen LogP) is 1.55. The van der Waals surface area contributed by atoms with Crippen molar-refractivity contribution in [1.29, 1.82) is 15.8 Å². The molecule has 0 spiro atoms. The molecule has 0 unspecified atom stereocenters. The van der Waals surface area contributed by atoms with Crippen molar-refractivity contribution in [3.8, 4) is 18.2 Å². The lowest BCUT2D eigenvalue weighted by Gasteiger charge is -2.25. The molecule has 0 saturated heterocycles. The summed E-state index contributed by atoms with van der Waals surface area (Å²) in [6.45, 7) is 0.676. The topological polar surface area (TPSA) is 104 Å². The predicted molar refractivity (Wildman–Crippen MR) is 74.6 cm³/mol. The fourth-order valence-corrected chi connectivity index (χ4v) is 2.09. The first-order chi connectivity index (χ1) is 10.1. The van der Waals surface area contributed by atoms with Gasteiger partial charge in [-0.2, -0.15) is 15.8 Å². The lowest BCUT2D eigenvalue weighted by Crippen LogP contribution is -2.34. The number of likely N-dealkylation sites (N-methyl/N-ethyl adjacent to an activating group) is 1. The molecule has 1 aromatic rings. The Labute approximate surface area is 122 Å². The molecule has 1 aliphatic rings. The average Bonchev–Trinajstić information content (AvgIpc) is 2.51. The van der Waals surface area contributed by atoms with Crippen molar-refractivity contribution in [2.45, 2.75) is 6.42 Å². The zero-order valence-electron chi connectivity index (χ0n) is 11.3. The van der Waals surface area contributed by atoms with Crippen LogP contribution in [-0.4, -0.2) is 24.4 Å². The molecule has 0 fully saturated rings. The average molecular weight is 277 g/mol. The molecule has 1 amide bonds. The molecule has 0 saturated carbocycles. The summed E-state index contributed by atoms with van der Waals surface area (Å²) in [6, 6.07) is 10.3. The molecule has 6 heteroatoms. The highest BCUT2D eigenvalue weighted by atomic mass is 16.2. The second-order valence-corrected chi connectivity index (χ2v) is 4.56. The lowest BCUT2D eigenvalue weighted by atomic mass is 9.98. The number of fused-ring (bicyclic) bond motifs is 1. The Kier molecular flexibility index (Phi) is 3.88. The molecule has 1 N–H and O–H groups in total. The van der Waals surface area contributed by atoms with Crippen molar-refractivity contribution in [3.63, 3.8) is 0 Å². The third kappa shape index (κ3) is 2.68. The van der Waals surface area contributed by atoms with Crippen LogP contribution in [0.5, 0.6) is 0 Å². The third-order valence-electron chi connectivity index (χ3n) is 3.26. The number of benzene rings is 1. The largest absolute Gasteiger partial charge is 0.345 e. The number of nitriles is 3. The first kappa shape index (κ1) is 14.1. The van der Waals surface area contributed by atoms with E-state index in [4.69, 9.17) is 15.8 Å². The Morgan fingerprint density at radius 2 is 1.95 bits per heavy atom. The molecule has 1 aromatic carbocycles. The molecule has 6 nitrogen and oxygen atoms in total. The zero-order chi connectivity index (χ0) is 15.4. The highest BCUT2D eigenvalue weighted by Gasteiger charge is 2.21. The smallest absolute Gasteiger partial charge is 0.253 e. The molecule has 0 atom stereocenters. The summed E-state index contributed by atoms with van der Waals surface area (Å²) in [7, 11) is 1.73. The SMILES string of the molecule is CN1CCc2ccc(NC(C#N)=C(C#N)C#N)cc2C1=O. The van der Waals surface area contributed by atoms with E-state index in [1.807, 2.05) is 6.07 Å². The van der Waals surface area contributed by atoms with E-state index < -0.39 is 0 Å². The summed E-state index contributed by atoms with van der Waals surface area (Å²) in [5.74, 6) is -0.0804. The molecule has 2 rings (SSSR count). The number of rotatable bonds is 2. The van der Waals surface area contributed by atoms with Gasteiger partial charge in [-0.05, 0) is 24.1 Å². The number of carbonyl (C=O) groups excluding carboxylic acids is 1. The van der Waals surface area contributed by atoms with Gasteiger partial charge in [0, 0.05) is 24.8 Å². The van der Waals surface area contributed by atoms with Gasteiger partial charge in [-0.15, -0.1) is 0 Å². The van der Waals surface area contributed by atoms with Crippen LogP contribution in [0.2, 0.25) is 0 Å². The van der Waals surface area contributed by atoms with Gasteiger partial charge in [0.05, 0.1) is 0 Å². The summed E-state index contributed by atoms with van der Waals surface area (Å²) in [5.41, 5.74) is 1.60. The van der Waals surface area contributed by atoms with Crippen molar-refractivity contribution >= 4 is 11.6 Å². The number of hydrogen-bond acceptors (Lipinski definition) is 5. The minimum Gasteiger partial charge on any atom is -0.345 e. The Bertz CT molecular complexity index is 742. The van der Waals surface area contributed by atoms with Crippen LogP contribution >= 0.6 is 0 Å². The van der Waals surface area contributed by atoms with Crippen LogP contribution in [-0.2, 0) is 6.42 Å². The Hall–Kier alpha value is -3.30. The Morgan fingerprint density at radius 3 is 2.57 bits per heavy atom. The van der Waals surface area contributed by atoms with E-state index in [9.17, 15) is 4.79 Å². The minimum absolute atomic E-state index is 0.0804. The van der Waals surface area contributed by atoms with E-state index in [0.717, 1.165) is 12.0 Å².